The number of benzene rings is 2. The largest absolute Gasteiger partial charge is 0.353 e. The lowest BCUT2D eigenvalue weighted by Gasteiger charge is -2.30. The topological polar surface area (TPSA) is 69.6 Å². The summed E-state index contributed by atoms with van der Waals surface area (Å²) in [6.07, 6.45) is 0.835. The van der Waals surface area contributed by atoms with Crippen molar-refractivity contribution in [1.29, 1.82) is 0 Å². The fourth-order valence-electron chi connectivity index (χ4n) is 4.33. The average molecular weight is 458 g/mol. The lowest BCUT2D eigenvalue weighted by Crippen LogP contribution is -2.44. The maximum absolute atomic E-state index is 13.1. The molecule has 0 radical (unpaired) electrons. The molecule has 1 aliphatic rings. The summed E-state index contributed by atoms with van der Waals surface area (Å²) in [5, 5.41) is 8.84. The number of nitrogens with zero attached hydrogens (tertiary/aromatic N) is 5. The van der Waals surface area contributed by atoms with Crippen molar-refractivity contribution >= 4 is 17.6 Å². The molecule has 34 heavy (non-hydrogen) atoms. The zero-order valence-corrected chi connectivity index (χ0v) is 19.8. The third kappa shape index (κ3) is 5.60. The molecule has 1 aliphatic heterocycles. The third-order valence-electron chi connectivity index (χ3n) is 6.35. The van der Waals surface area contributed by atoms with Crippen molar-refractivity contribution < 1.29 is 9.59 Å². The molecule has 3 aromatic rings. The van der Waals surface area contributed by atoms with Gasteiger partial charge in [0.15, 0.2) is 5.82 Å². The summed E-state index contributed by atoms with van der Waals surface area (Å²) in [5.74, 6) is 0.692. The lowest BCUT2D eigenvalue weighted by atomic mass is 10.1. The molecule has 1 atom stereocenters. The number of rotatable bonds is 6. The summed E-state index contributed by atoms with van der Waals surface area (Å²) in [6.45, 7) is 6.31. The number of hydrogen-bond donors (Lipinski definition) is 0. The molecule has 2 aromatic carbocycles. The molecule has 2 amide bonds. The third-order valence-corrected chi connectivity index (χ3v) is 6.35. The van der Waals surface area contributed by atoms with Crippen molar-refractivity contribution in [3.63, 3.8) is 0 Å². The molecule has 7 heteroatoms. The minimum absolute atomic E-state index is 0.0228. The second kappa shape index (κ2) is 10.9. The Morgan fingerprint density at radius 2 is 1.59 bits per heavy atom. The van der Waals surface area contributed by atoms with Gasteiger partial charge in [-0.2, -0.15) is 0 Å². The average Bonchev–Trinajstić information content (AvgIpc) is 3.14. The SMILES string of the molecule is CC(=O)N(CC(=O)N1CCCN(c2ccc(-c3ccccc3)nn2)CC1)[C@H](C)c1ccccc1. The lowest BCUT2D eigenvalue weighted by molar-refractivity contribution is -0.141. The molecule has 0 N–H and O–H groups in total. The van der Waals surface area contributed by atoms with Crippen molar-refractivity contribution in [3.05, 3.63) is 78.4 Å². The molecule has 1 fully saturated rings. The van der Waals surface area contributed by atoms with Gasteiger partial charge in [-0.25, -0.2) is 0 Å². The van der Waals surface area contributed by atoms with Crippen LogP contribution in [0, 0.1) is 0 Å². The van der Waals surface area contributed by atoms with Gasteiger partial charge in [-0.1, -0.05) is 60.7 Å². The Labute approximate surface area is 201 Å². The summed E-state index contributed by atoms with van der Waals surface area (Å²) >= 11 is 0. The van der Waals surface area contributed by atoms with Gasteiger partial charge in [-0.05, 0) is 31.0 Å². The number of anilines is 1. The Balaban J connectivity index is 1.37. The standard InChI is InChI=1S/C27H31N5O2/c1-21(23-10-5-3-6-11-23)32(22(2)33)20-27(34)31-17-9-16-30(18-19-31)26-15-14-25(28-29-26)24-12-7-4-8-13-24/h3-8,10-15,21H,9,16-20H2,1-2H3/t21-/m1/s1. The Hall–Kier alpha value is -3.74. The highest BCUT2D eigenvalue weighted by Crippen LogP contribution is 2.21. The number of hydrogen-bond acceptors (Lipinski definition) is 5. The van der Waals surface area contributed by atoms with Crippen LogP contribution in [-0.4, -0.2) is 64.5 Å². The number of aromatic nitrogens is 2. The molecule has 0 spiro atoms. The van der Waals surface area contributed by atoms with E-state index in [1.54, 1.807) is 4.90 Å². The first-order valence-electron chi connectivity index (χ1n) is 11.8. The summed E-state index contributed by atoms with van der Waals surface area (Å²) in [7, 11) is 0. The van der Waals surface area contributed by atoms with Crippen LogP contribution in [0.2, 0.25) is 0 Å². The summed E-state index contributed by atoms with van der Waals surface area (Å²) in [6, 6.07) is 23.6. The molecule has 7 nitrogen and oxygen atoms in total. The molecular weight excluding hydrogens is 426 g/mol. The monoisotopic (exact) mass is 457 g/mol. The van der Waals surface area contributed by atoms with Crippen molar-refractivity contribution in [2.24, 2.45) is 0 Å². The maximum atomic E-state index is 13.1. The molecule has 0 unspecified atom stereocenters. The maximum Gasteiger partial charge on any atom is 0.242 e. The summed E-state index contributed by atoms with van der Waals surface area (Å²) in [4.78, 5) is 31.2. The highest BCUT2D eigenvalue weighted by Gasteiger charge is 2.26. The van der Waals surface area contributed by atoms with Crippen LogP contribution in [-0.2, 0) is 9.59 Å². The van der Waals surface area contributed by atoms with Gasteiger partial charge in [0, 0.05) is 38.7 Å². The molecule has 1 aromatic heterocycles. The van der Waals surface area contributed by atoms with E-state index >= 15 is 0 Å². The summed E-state index contributed by atoms with van der Waals surface area (Å²) < 4.78 is 0. The number of carbonyl (C=O) groups excluding carboxylic acids is 2. The first kappa shape index (κ1) is 23.4. The molecule has 0 saturated carbocycles. The van der Waals surface area contributed by atoms with Crippen molar-refractivity contribution in [2.45, 2.75) is 26.3 Å². The predicted octanol–water partition coefficient (Wildman–Crippen LogP) is 3.79. The predicted molar refractivity (Wildman–Crippen MR) is 133 cm³/mol. The number of amides is 2. The highest BCUT2D eigenvalue weighted by atomic mass is 16.2. The molecule has 0 aliphatic carbocycles. The zero-order valence-electron chi connectivity index (χ0n) is 19.8. The normalized spacial score (nSPS) is 14.9. The van der Waals surface area contributed by atoms with Crippen molar-refractivity contribution in [3.8, 4) is 11.3 Å². The Bertz CT molecular complexity index is 1090. The number of carbonyl (C=O) groups is 2. The van der Waals surface area contributed by atoms with Crippen LogP contribution < -0.4 is 4.90 Å². The van der Waals surface area contributed by atoms with Crippen LogP contribution in [0.1, 0.15) is 31.9 Å². The van der Waals surface area contributed by atoms with Crippen LogP contribution in [0.5, 0.6) is 0 Å². The first-order valence-corrected chi connectivity index (χ1v) is 11.8. The van der Waals surface area contributed by atoms with Gasteiger partial charge in [-0.3, -0.25) is 9.59 Å². The Kier molecular flexibility index (Phi) is 7.52. The van der Waals surface area contributed by atoms with Crippen LogP contribution in [0.15, 0.2) is 72.8 Å². The van der Waals surface area contributed by atoms with E-state index in [1.165, 1.54) is 6.92 Å². The van der Waals surface area contributed by atoms with Crippen LogP contribution >= 0.6 is 0 Å². The van der Waals surface area contributed by atoms with Gasteiger partial charge >= 0.3 is 0 Å². The second-order valence-electron chi connectivity index (χ2n) is 8.60. The minimum Gasteiger partial charge on any atom is -0.353 e. The fraction of sp³-hybridized carbons (Fsp3) is 0.333. The zero-order chi connectivity index (χ0) is 23.9. The van der Waals surface area contributed by atoms with E-state index in [0.29, 0.717) is 19.6 Å². The highest BCUT2D eigenvalue weighted by molar-refractivity contribution is 5.84. The van der Waals surface area contributed by atoms with E-state index in [1.807, 2.05) is 84.6 Å². The molecule has 1 saturated heterocycles. The van der Waals surface area contributed by atoms with E-state index in [-0.39, 0.29) is 24.4 Å². The van der Waals surface area contributed by atoms with Gasteiger partial charge in [0.05, 0.1) is 11.7 Å². The molecule has 2 heterocycles. The Morgan fingerprint density at radius 3 is 2.24 bits per heavy atom. The van der Waals surface area contributed by atoms with Gasteiger partial charge in [-0.15, -0.1) is 10.2 Å². The molecule has 176 valence electrons. The smallest absolute Gasteiger partial charge is 0.242 e. The van der Waals surface area contributed by atoms with Gasteiger partial charge in [0.25, 0.3) is 0 Å². The second-order valence-corrected chi connectivity index (χ2v) is 8.60. The van der Waals surface area contributed by atoms with E-state index in [4.69, 9.17) is 0 Å². The van der Waals surface area contributed by atoms with E-state index < -0.39 is 0 Å². The van der Waals surface area contributed by atoms with Crippen LogP contribution in [0.4, 0.5) is 5.82 Å². The van der Waals surface area contributed by atoms with Crippen molar-refractivity contribution in [1.82, 2.24) is 20.0 Å². The Morgan fingerprint density at radius 1 is 0.882 bits per heavy atom. The van der Waals surface area contributed by atoms with Crippen molar-refractivity contribution in [2.75, 3.05) is 37.6 Å². The summed E-state index contributed by atoms with van der Waals surface area (Å²) in [5.41, 5.74) is 2.90. The quantitative estimate of drug-likeness (QED) is 0.563. The fourth-order valence-corrected chi connectivity index (χ4v) is 4.33. The molecular formula is C27H31N5O2. The van der Waals surface area contributed by atoms with Gasteiger partial charge < -0.3 is 14.7 Å². The van der Waals surface area contributed by atoms with Crippen LogP contribution in [0.25, 0.3) is 11.3 Å². The molecule has 0 bridgehead atoms. The molecule has 4 rings (SSSR count). The van der Waals surface area contributed by atoms with Gasteiger partial charge in [0.2, 0.25) is 11.8 Å². The minimum atomic E-state index is -0.162. The van der Waals surface area contributed by atoms with E-state index in [9.17, 15) is 9.59 Å². The first-order chi connectivity index (χ1) is 16.5. The van der Waals surface area contributed by atoms with E-state index in [2.05, 4.69) is 15.1 Å². The van der Waals surface area contributed by atoms with E-state index in [0.717, 1.165) is 35.6 Å². The van der Waals surface area contributed by atoms with Gasteiger partial charge in [0.1, 0.15) is 6.54 Å². The van der Waals surface area contributed by atoms with Crippen LogP contribution in [0.3, 0.4) is 0 Å².